The van der Waals surface area contributed by atoms with Gasteiger partial charge in [-0.05, 0) is 60.7 Å². The molecule has 1 aliphatic rings. The molecule has 0 unspecified atom stereocenters. The van der Waals surface area contributed by atoms with Gasteiger partial charge in [-0.25, -0.2) is 0 Å². The molecule has 1 fully saturated rings. The zero-order chi connectivity index (χ0) is 14.8. The van der Waals surface area contributed by atoms with Crippen LogP contribution in [0, 0.1) is 5.92 Å². The predicted molar refractivity (Wildman–Crippen MR) is 90.2 cm³/mol. The smallest absolute Gasteiger partial charge is 0.227 e. The summed E-state index contributed by atoms with van der Waals surface area (Å²) in [6.45, 7) is 0. The molecular formula is C17H19BrN2O. The second-order valence-corrected chi connectivity index (χ2v) is 6.72. The number of amides is 1. The summed E-state index contributed by atoms with van der Waals surface area (Å²) >= 11 is 3.47. The van der Waals surface area contributed by atoms with Gasteiger partial charge < -0.3 is 11.1 Å². The average molecular weight is 347 g/mol. The third-order valence-electron chi connectivity index (χ3n) is 4.21. The van der Waals surface area contributed by atoms with E-state index in [2.05, 4.69) is 33.4 Å². The minimum Gasteiger partial charge on any atom is -0.328 e. The molecule has 2 aromatic carbocycles. The number of nitrogens with one attached hydrogen (secondary N) is 1. The van der Waals surface area contributed by atoms with E-state index in [9.17, 15) is 4.79 Å². The van der Waals surface area contributed by atoms with Crippen molar-refractivity contribution in [2.45, 2.75) is 31.7 Å². The molecule has 0 aliphatic heterocycles. The number of hydrogen-bond acceptors (Lipinski definition) is 2. The standard InChI is InChI=1S/C17H19BrN2O/c18-14-5-1-13-10-16(8-4-12(13)9-14)20-17(21)11-2-6-15(19)7-3-11/h1,4-5,8-11,15H,2-3,6-7,19H2,(H,20,21). The van der Waals surface area contributed by atoms with Crippen molar-refractivity contribution in [3.05, 3.63) is 40.9 Å². The Balaban J connectivity index is 1.72. The quantitative estimate of drug-likeness (QED) is 0.861. The van der Waals surface area contributed by atoms with Crippen LogP contribution >= 0.6 is 15.9 Å². The topological polar surface area (TPSA) is 55.1 Å². The van der Waals surface area contributed by atoms with Gasteiger partial charge in [0.05, 0.1) is 0 Å². The van der Waals surface area contributed by atoms with Gasteiger partial charge in [-0.15, -0.1) is 0 Å². The molecule has 0 heterocycles. The zero-order valence-corrected chi connectivity index (χ0v) is 13.4. The lowest BCUT2D eigenvalue weighted by Crippen LogP contribution is -2.32. The van der Waals surface area contributed by atoms with Crippen LogP contribution in [0.2, 0.25) is 0 Å². The number of carbonyl (C=O) groups excluding carboxylic acids is 1. The number of nitrogens with two attached hydrogens (primary N) is 1. The summed E-state index contributed by atoms with van der Waals surface area (Å²) in [4.78, 5) is 12.3. The summed E-state index contributed by atoms with van der Waals surface area (Å²) in [6.07, 6.45) is 3.69. The van der Waals surface area contributed by atoms with E-state index >= 15 is 0 Å². The van der Waals surface area contributed by atoms with Crippen molar-refractivity contribution in [3.63, 3.8) is 0 Å². The molecular weight excluding hydrogens is 328 g/mol. The highest BCUT2D eigenvalue weighted by Crippen LogP contribution is 2.26. The highest BCUT2D eigenvalue weighted by atomic mass is 79.9. The first kappa shape index (κ1) is 14.5. The van der Waals surface area contributed by atoms with Crippen molar-refractivity contribution in [1.29, 1.82) is 0 Å². The Morgan fingerprint density at radius 2 is 1.71 bits per heavy atom. The molecule has 4 heteroatoms. The molecule has 2 aromatic rings. The van der Waals surface area contributed by atoms with Crippen LogP contribution in [0.5, 0.6) is 0 Å². The number of anilines is 1. The van der Waals surface area contributed by atoms with Crippen molar-refractivity contribution in [2.75, 3.05) is 5.32 Å². The monoisotopic (exact) mass is 346 g/mol. The molecule has 1 aliphatic carbocycles. The van der Waals surface area contributed by atoms with E-state index in [-0.39, 0.29) is 17.9 Å². The normalized spacial score (nSPS) is 22.2. The SMILES string of the molecule is NC1CCC(C(=O)Nc2ccc3cc(Br)ccc3c2)CC1. The fourth-order valence-corrected chi connectivity index (χ4v) is 3.30. The van der Waals surface area contributed by atoms with Crippen molar-refractivity contribution in [3.8, 4) is 0 Å². The highest BCUT2D eigenvalue weighted by Gasteiger charge is 2.24. The largest absolute Gasteiger partial charge is 0.328 e. The van der Waals surface area contributed by atoms with Gasteiger partial charge in [-0.2, -0.15) is 0 Å². The maximum Gasteiger partial charge on any atom is 0.227 e. The van der Waals surface area contributed by atoms with Gasteiger partial charge in [0.25, 0.3) is 0 Å². The Morgan fingerprint density at radius 3 is 2.48 bits per heavy atom. The van der Waals surface area contributed by atoms with E-state index < -0.39 is 0 Å². The number of fused-ring (bicyclic) bond motifs is 1. The molecule has 110 valence electrons. The molecule has 3 rings (SSSR count). The lowest BCUT2D eigenvalue weighted by atomic mass is 9.86. The van der Waals surface area contributed by atoms with Crippen LogP contribution in [0.4, 0.5) is 5.69 Å². The van der Waals surface area contributed by atoms with Crippen molar-refractivity contribution < 1.29 is 4.79 Å². The third-order valence-corrected chi connectivity index (χ3v) is 4.71. The van der Waals surface area contributed by atoms with Crippen molar-refractivity contribution >= 4 is 38.3 Å². The van der Waals surface area contributed by atoms with E-state index in [0.717, 1.165) is 46.6 Å². The molecule has 1 amide bonds. The Labute approximate surface area is 133 Å². The van der Waals surface area contributed by atoms with E-state index in [1.54, 1.807) is 0 Å². The summed E-state index contributed by atoms with van der Waals surface area (Å²) in [5.74, 6) is 0.226. The third kappa shape index (κ3) is 3.44. The van der Waals surface area contributed by atoms with Gasteiger partial charge in [0.2, 0.25) is 5.91 Å². The lowest BCUT2D eigenvalue weighted by Gasteiger charge is -2.25. The Kier molecular flexibility index (Phi) is 4.27. The van der Waals surface area contributed by atoms with Gasteiger partial charge in [-0.1, -0.05) is 28.1 Å². The van der Waals surface area contributed by atoms with Crippen LogP contribution in [0.3, 0.4) is 0 Å². The van der Waals surface area contributed by atoms with Crippen LogP contribution in [0.15, 0.2) is 40.9 Å². The first-order valence-corrected chi connectivity index (χ1v) is 8.17. The van der Waals surface area contributed by atoms with E-state index in [4.69, 9.17) is 5.73 Å². The Bertz CT molecular complexity index is 663. The second-order valence-electron chi connectivity index (χ2n) is 5.81. The number of hydrogen-bond donors (Lipinski definition) is 2. The average Bonchev–Trinajstić information content (AvgIpc) is 2.48. The maximum atomic E-state index is 12.3. The molecule has 0 saturated heterocycles. The van der Waals surface area contributed by atoms with Gasteiger partial charge in [0.1, 0.15) is 0 Å². The summed E-state index contributed by atoms with van der Waals surface area (Å²) < 4.78 is 1.06. The van der Waals surface area contributed by atoms with Crippen molar-refractivity contribution in [2.24, 2.45) is 11.7 Å². The molecule has 0 bridgehead atoms. The van der Waals surface area contributed by atoms with Gasteiger partial charge in [0.15, 0.2) is 0 Å². The van der Waals surface area contributed by atoms with Gasteiger partial charge >= 0.3 is 0 Å². The number of carbonyl (C=O) groups is 1. The summed E-state index contributed by atoms with van der Waals surface area (Å²) in [5.41, 5.74) is 6.75. The Hall–Kier alpha value is -1.39. The number of rotatable bonds is 2. The first-order valence-electron chi connectivity index (χ1n) is 7.37. The van der Waals surface area contributed by atoms with Crippen LogP contribution in [0.25, 0.3) is 10.8 Å². The molecule has 3 nitrogen and oxygen atoms in total. The molecule has 0 spiro atoms. The lowest BCUT2D eigenvalue weighted by molar-refractivity contribution is -0.120. The first-order chi connectivity index (χ1) is 10.1. The summed E-state index contributed by atoms with van der Waals surface area (Å²) in [6, 6.07) is 12.4. The van der Waals surface area contributed by atoms with Gasteiger partial charge in [-0.3, -0.25) is 4.79 Å². The maximum absolute atomic E-state index is 12.3. The van der Waals surface area contributed by atoms with E-state index in [1.165, 1.54) is 0 Å². The summed E-state index contributed by atoms with van der Waals surface area (Å²) in [5, 5.41) is 5.33. The van der Waals surface area contributed by atoms with Crippen LogP contribution in [-0.2, 0) is 4.79 Å². The fourth-order valence-electron chi connectivity index (χ4n) is 2.92. The van der Waals surface area contributed by atoms with E-state index in [1.807, 2.05) is 24.3 Å². The minimum absolute atomic E-state index is 0.102. The zero-order valence-electron chi connectivity index (χ0n) is 11.8. The molecule has 0 atom stereocenters. The van der Waals surface area contributed by atoms with Crippen LogP contribution in [0.1, 0.15) is 25.7 Å². The highest BCUT2D eigenvalue weighted by molar-refractivity contribution is 9.10. The van der Waals surface area contributed by atoms with E-state index in [0.29, 0.717) is 0 Å². The van der Waals surface area contributed by atoms with Crippen molar-refractivity contribution in [1.82, 2.24) is 0 Å². The summed E-state index contributed by atoms with van der Waals surface area (Å²) in [7, 11) is 0. The predicted octanol–water partition coefficient (Wildman–Crippen LogP) is 4.06. The molecule has 0 aromatic heterocycles. The van der Waals surface area contributed by atoms with Gasteiger partial charge in [0, 0.05) is 22.1 Å². The molecule has 21 heavy (non-hydrogen) atoms. The molecule has 1 saturated carbocycles. The Morgan fingerprint density at radius 1 is 1.05 bits per heavy atom. The number of benzene rings is 2. The minimum atomic E-state index is 0.102. The van der Waals surface area contributed by atoms with Crippen LogP contribution < -0.4 is 11.1 Å². The second kappa shape index (κ2) is 6.16. The molecule has 0 radical (unpaired) electrons. The van der Waals surface area contributed by atoms with Crippen LogP contribution in [-0.4, -0.2) is 11.9 Å². The fraction of sp³-hybridized carbons (Fsp3) is 0.353. The number of halogens is 1. The molecule has 3 N–H and O–H groups in total.